The maximum atomic E-state index is 12.2. The molecule has 2 aromatic rings. The van der Waals surface area contributed by atoms with E-state index in [1.165, 1.54) is 12.1 Å². The van der Waals surface area contributed by atoms with Gasteiger partial charge in [-0.1, -0.05) is 43.5 Å². The quantitative estimate of drug-likeness (QED) is 0.638. The molecule has 9 heteroatoms. The summed E-state index contributed by atoms with van der Waals surface area (Å²) >= 11 is 1.06. The number of aliphatic hydroxyl groups is 1. The number of halogens is 3. The molecule has 0 spiro atoms. The summed E-state index contributed by atoms with van der Waals surface area (Å²) in [5.41, 5.74) is 1.27. The molecule has 1 fully saturated rings. The van der Waals surface area contributed by atoms with E-state index in [1.54, 1.807) is 24.3 Å². The van der Waals surface area contributed by atoms with Gasteiger partial charge in [-0.15, -0.1) is 13.2 Å². The second-order valence-corrected chi connectivity index (χ2v) is 7.67. The number of thioether (sulfide) groups is 1. The van der Waals surface area contributed by atoms with Crippen molar-refractivity contribution < 1.29 is 37.3 Å². The van der Waals surface area contributed by atoms with Gasteiger partial charge < -0.3 is 14.6 Å². The largest absolute Gasteiger partial charge is 0.573 e. The van der Waals surface area contributed by atoms with E-state index in [2.05, 4.69) is 4.74 Å². The first-order valence-corrected chi connectivity index (χ1v) is 9.55. The van der Waals surface area contributed by atoms with Crippen LogP contribution in [0.3, 0.4) is 0 Å². The van der Waals surface area contributed by atoms with Crippen LogP contribution in [0.15, 0.2) is 48.5 Å². The Hall–Kier alpha value is -2.52. The van der Waals surface area contributed by atoms with E-state index in [0.29, 0.717) is 17.7 Å². The lowest BCUT2D eigenvalue weighted by molar-refractivity contribution is -0.274. The summed E-state index contributed by atoms with van der Waals surface area (Å²) < 4.78 is 45.8. The van der Waals surface area contributed by atoms with Crippen molar-refractivity contribution in [1.29, 1.82) is 0 Å². The lowest BCUT2D eigenvalue weighted by Gasteiger charge is -2.14. The maximum absolute atomic E-state index is 12.2. The zero-order valence-corrected chi connectivity index (χ0v) is 15.8. The number of ketones is 1. The van der Waals surface area contributed by atoms with Crippen molar-refractivity contribution in [2.75, 3.05) is 6.61 Å². The van der Waals surface area contributed by atoms with Crippen LogP contribution in [0.1, 0.15) is 31.1 Å². The lowest BCUT2D eigenvalue weighted by Crippen LogP contribution is -2.17. The summed E-state index contributed by atoms with van der Waals surface area (Å²) in [6.45, 7) is -0.0930. The summed E-state index contributed by atoms with van der Waals surface area (Å²) in [4.78, 5) is 23.0. The molecule has 2 unspecified atom stereocenters. The second kappa shape index (κ2) is 9.99. The van der Waals surface area contributed by atoms with Gasteiger partial charge in [0.25, 0.3) is 0 Å². The van der Waals surface area contributed by atoms with Crippen molar-refractivity contribution in [2.45, 2.75) is 38.0 Å². The number of hydrogen-bond acceptors (Lipinski definition) is 6. The summed E-state index contributed by atoms with van der Waals surface area (Å²) in [7, 11) is 0. The van der Waals surface area contributed by atoms with E-state index in [1.807, 2.05) is 0 Å². The van der Waals surface area contributed by atoms with Crippen LogP contribution in [0.2, 0.25) is 0 Å². The minimum absolute atomic E-state index is 0. The van der Waals surface area contributed by atoms with Crippen LogP contribution >= 0.6 is 11.8 Å². The highest BCUT2D eigenvalue weighted by molar-refractivity contribution is 8.15. The molecule has 3 rings (SSSR count). The Bertz CT molecular complexity index is 866. The minimum Gasteiger partial charge on any atom is -0.491 e. The van der Waals surface area contributed by atoms with Crippen LogP contribution in [0.5, 0.6) is 11.5 Å². The SMILES string of the molecule is C.O=C1CC(=O)C(Cc2ccc(OCC(O)c3ccc(OC(F)(F)F)cc3)cc2)S1. The molecule has 0 amide bonds. The van der Waals surface area contributed by atoms with Crippen LogP contribution in [0.4, 0.5) is 13.2 Å². The second-order valence-electron chi connectivity index (χ2n) is 6.41. The summed E-state index contributed by atoms with van der Waals surface area (Å²) in [5.74, 6) is 0.0620. The molecule has 0 radical (unpaired) electrons. The highest BCUT2D eigenvalue weighted by atomic mass is 32.2. The Morgan fingerprint density at radius 3 is 2.17 bits per heavy atom. The van der Waals surface area contributed by atoms with E-state index in [-0.39, 0.29) is 42.4 Å². The van der Waals surface area contributed by atoms with Gasteiger partial charge >= 0.3 is 6.36 Å². The molecule has 5 nitrogen and oxygen atoms in total. The molecular weight excluding hydrogens is 421 g/mol. The van der Waals surface area contributed by atoms with Gasteiger partial charge in [-0.25, -0.2) is 0 Å². The molecular formula is C21H21F3O5S. The number of aliphatic hydroxyl groups excluding tert-OH is 1. The third kappa shape index (κ3) is 6.77. The molecule has 1 aliphatic rings. The van der Waals surface area contributed by atoms with Crippen molar-refractivity contribution in [3.8, 4) is 11.5 Å². The highest BCUT2D eigenvalue weighted by Crippen LogP contribution is 2.29. The molecule has 1 aliphatic heterocycles. The Morgan fingerprint density at radius 1 is 1.03 bits per heavy atom. The van der Waals surface area contributed by atoms with E-state index >= 15 is 0 Å². The number of rotatable bonds is 7. The first-order chi connectivity index (χ1) is 13.7. The standard InChI is InChI=1S/C20H17F3O5S.CH4/c21-20(22,23)28-15-7-3-13(4-8-15)17(25)11-27-14-5-1-12(2-6-14)9-18-16(24)10-19(26)29-18;/h1-8,17-18,25H,9-11H2;1H4. The minimum atomic E-state index is -4.77. The number of hydrogen-bond donors (Lipinski definition) is 1. The van der Waals surface area contributed by atoms with Crippen LogP contribution in [0, 0.1) is 0 Å². The van der Waals surface area contributed by atoms with Gasteiger partial charge in [0.15, 0.2) is 10.9 Å². The predicted molar refractivity (Wildman–Crippen MR) is 106 cm³/mol. The molecule has 1 heterocycles. The van der Waals surface area contributed by atoms with Crippen LogP contribution in [-0.2, 0) is 16.0 Å². The topological polar surface area (TPSA) is 72.8 Å². The molecule has 0 aliphatic carbocycles. The Labute approximate surface area is 176 Å². The maximum Gasteiger partial charge on any atom is 0.573 e. The normalized spacial score (nSPS) is 17.4. The monoisotopic (exact) mass is 442 g/mol. The third-order valence-corrected chi connectivity index (χ3v) is 5.32. The molecule has 30 heavy (non-hydrogen) atoms. The number of Topliss-reactive ketones (excluding diaryl/α,β-unsaturated/α-hetero) is 1. The predicted octanol–water partition coefficient (Wildman–Crippen LogP) is 4.48. The third-order valence-electron chi connectivity index (χ3n) is 4.20. The van der Waals surface area contributed by atoms with Gasteiger partial charge in [-0.2, -0.15) is 0 Å². The Balaban J connectivity index is 0.00000320. The molecule has 1 N–H and O–H groups in total. The molecule has 1 saturated heterocycles. The zero-order chi connectivity index (χ0) is 21.0. The van der Waals surface area contributed by atoms with Gasteiger partial charge in [0.2, 0.25) is 0 Å². The van der Waals surface area contributed by atoms with Crippen molar-refractivity contribution >= 4 is 22.7 Å². The molecule has 2 atom stereocenters. The fourth-order valence-corrected chi connectivity index (χ4v) is 3.81. The molecule has 0 bridgehead atoms. The van der Waals surface area contributed by atoms with Gasteiger partial charge in [0.1, 0.15) is 24.2 Å². The first kappa shape index (κ1) is 23.8. The fourth-order valence-electron chi connectivity index (χ4n) is 2.78. The zero-order valence-electron chi connectivity index (χ0n) is 15.0. The van der Waals surface area contributed by atoms with Crippen LogP contribution < -0.4 is 9.47 Å². The van der Waals surface area contributed by atoms with E-state index in [4.69, 9.17) is 4.74 Å². The van der Waals surface area contributed by atoms with Crippen molar-refractivity contribution in [1.82, 2.24) is 0 Å². The molecule has 2 aromatic carbocycles. The van der Waals surface area contributed by atoms with E-state index < -0.39 is 12.5 Å². The highest BCUT2D eigenvalue weighted by Gasteiger charge is 2.32. The summed E-state index contributed by atoms with van der Waals surface area (Å²) in [5, 5.41) is 9.69. The number of ether oxygens (including phenoxy) is 2. The number of alkyl halides is 3. The van der Waals surface area contributed by atoms with Gasteiger partial charge in [-0.05, 0) is 41.8 Å². The van der Waals surface area contributed by atoms with Crippen molar-refractivity contribution in [2.24, 2.45) is 0 Å². The molecule has 0 aromatic heterocycles. The average Bonchev–Trinajstić information content (AvgIpc) is 2.97. The smallest absolute Gasteiger partial charge is 0.491 e. The van der Waals surface area contributed by atoms with Crippen LogP contribution in [0.25, 0.3) is 0 Å². The van der Waals surface area contributed by atoms with E-state index in [0.717, 1.165) is 29.5 Å². The summed E-state index contributed by atoms with van der Waals surface area (Å²) in [6, 6.07) is 11.8. The van der Waals surface area contributed by atoms with E-state index in [9.17, 15) is 27.9 Å². The number of carbonyl (C=O) groups is 2. The van der Waals surface area contributed by atoms with Crippen molar-refractivity contribution in [3.05, 3.63) is 59.7 Å². The van der Waals surface area contributed by atoms with Gasteiger partial charge in [0.05, 0.1) is 11.7 Å². The fraction of sp³-hybridized carbons (Fsp3) is 0.333. The molecule has 162 valence electrons. The Kier molecular flexibility index (Phi) is 7.91. The summed E-state index contributed by atoms with van der Waals surface area (Å²) in [6.07, 6.45) is -5.36. The Morgan fingerprint density at radius 2 is 1.63 bits per heavy atom. The first-order valence-electron chi connectivity index (χ1n) is 8.67. The van der Waals surface area contributed by atoms with Gasteiger partial charge in [-0.3, -0.25) is 9.59 Å². The van der Waals surface area contributed by atoms with Crippen LogP contribution in [-0.4, -0.2) is 34.2 Å². The number of benzene rings is 2. The molecule has 0 saturated carbocycles. The van der Waals surface area contributed by atoms with Gasteiger partial charge in [0, 0.05) is 0 Å². The van der Waals surface area contributed by atoms with Crippen molar-refractivity contribution in [3.63, 3.8) is 0 Å². The number of carbonyl (C=O) groups excluding carboxylic acids is 2. The lowest BCUT2D eigenvalue weighted by atomic mass is 10.1. The average molecular weight is 442 g/mol.